The average Bonchev–Trinajstić information content (AvgIpc) is 3.78. The van der Waals surface area contributed by atoms with Crippen LogP contribution in [-0.2, 0) is 5.41 Å². The van der Waals surface area contributed by atoms with E-state index in [0.29, 0.717) is 11.3 Å². The predicted octanol–water partition coefficient (Wildman–Crippen LogP) is 11.9. The van der Waals surface area contributed by atoms with E-state index < -0.39 is 5.41 Å². The maximum Gasteiger partial charge on any atom is 0.145 e. The number of aromatic nitrogens is 2. The highest BCUT2D eigenvalue weighted by Gasteiger charge is 2.51. The van der Waals surface area contributed by atoms with Crippen molar-refractivity contribution >= 4 is 16.7 Å². The lowest BCUT2D eigenvalue weighted by atomic mass is 9.65. The van der Waals surface area contributed by atoms with E-state index in [2.05, 4.69) is 150 Å². The number of benzene rings is 8. The Bertz CT molecular complexity index is 3040. The van der Waals surface area contributed by atoms with E-state index in [0.717, 1.165) is 89.7 Å². The summed E-state index contributed by atoms with van der Waals surface area (Å²) in [5.74, 6) is 2.56. The maximum atomic E-state index is 10.3. The van der Waals surface area contributed by atoms with Crippen LogP contribution in [0.2, 0.25) is 0 Å². The molecule has 2 aliphatic rings. The van der Waals surface area contributed by atoms with Gasteiger partial charge in [-0.15, -0.1) is 0 Å². The minimum absolute atomic E-state index is 0.547. The first-order valence-corrected chi connectivity index (χ1v) is 18.7. The second-order valence-electron chi connectivity index (χ2n) is 14.4. The highest BCUT2D eigenvalue weighted by atomic mass is 16.5. The molecule has 0 bridgehead atoms. The van der Waals surface area contributed by atoms with Crippen molar-refractivity contribution in [3.63, 3.8) is 0 Å². The van der Waals surface area contributed by atoms with Gasteiger partial charge in [-0.3, -0.25) is 4.57 Å². The second-order valence-corrected chi connectivity index (χ2v) is 14.4. The predicted molar refractivity (Wildman–Crippen MR) is 224 cm³/mol. The third-order valence-electron chi connectivity index (χ3n) is 11.5. The van der Waals surface area contributed by atoms with Crippen LogP contribution in [0.3, 0.4) is 0 Å². The fourth-order valence-corrected chi connectivity index (χ4v) is 9.11. The van der Waals surface area contributed by atoms with Crippen molar-refractivity contribution < 1.29 is 4.74 Å². The number of ether oxygens (including phenoxy) is 1. The van der Waals surface area contributed by atoms with Crippen LogP contribution in [0.25, 0.3) is 61.5 Å². The fraction of sp³-hybridized carbons (Fsp3) is 0.0196. The summed E-state index contributed by atoms with van der Waals surface area (Å²) in [7, 11) is 0. The Morgan fingerprint density at radius 2 is 1.18 bits per heavy atom. The van der Waals surface area contributed by atoms with E-state index in [4.69, 9.17) is 15.5 Å². The van der Waals surface area contributed by atoms with Crippen molar-refractivity contribution in [2.45, 2.75) is 5.41 Å². The summed E-state index contributed by atoms with van der Waals surface area (Å²) in [5, 5.41) is 10.3. The summed E-state index contributed by atoms with van der Waals surface area (Å²) < 4.78 is 8.86. The molecular weight excluding hydrogens is 685 g/mol. The molecule has 11 rings (SSSR count). The Balaban J connectivity index is 1.13. The van der Waals surface area contributed by atoms with Crippen molar-refractivity contribution in [3.05, 3.63) is 210 Å². The number of anilines is 1. The molecule has 0 saturated heterocycles. The van der Waals surface area contributed by atoms with E-state index in [1.807, 2.05) is 36.4 Å². The standard InChI is InChI=1S/C51H32N4O/c52-31-35-29-36(53)26-28-38(35)39-13-10-16-43-49(39)40-27-25-34(30-44(40)51(43)41-14-4-8-19-47(41)56-48-20-9-5-15-42(48)51)32-21-23-33(24-22-32)50-54-45-17-6-7-18-46(45)55(50)37-11-2-1-3-12-37/h1-30H,53H2. The number of nitrogens with zero attached hydrogens (tertiary/aromatic N) is 3. The minimum Gasteiger partial charge on any atom is -0.457 e. The molecule has 262 valence electrons. The third kappa shape index (κ3) is 4.51. The molecule has 0 unspecified atom stereocenters. The van der Waals surface area contributed by atoms with Crippen LogP contribution in [0.4, 0.5) is 5.69 Å². The van der Waals surface area contributed by atoms with Gasteiger partial charge in [0.1, 0.15) is 17.3 Å². The molecular formula is C51H32N4O. The first-order valence-electron chi connectivity index (χ1n) is 18.7. The molecule has 2 heterocycles. The van der Waals surface area contributed by atoms with E-state index in [1.54, 1.807) is 6.07 Å². The molecule has 2 N–H and O–H groups in total. The van der Waals surface area contributed by atoms with Crippen LogP contribution in [0.1, 0.15) is 27.8 Å². The molecule has 0 amide bonds. The van der Waals surface area contributed by atoms with Gasteiger partial charge in [0.25, 0.3) is 0 Å². The molecule has 1 aliphatic carbocycles. The maximum absolute atomic E-state index is 10.3. The first-order chi connectivity index (χ1) is 27.6. The van der Waals surface area contributed by atoms with Crippen molar-refractivity contribution in [2.24, 2.45) is 0 Å². The molecule has 56 heavy (non-hydrogen) atoms. The van der Waals surface area contributed by atoms with Crippen molar-refractivity contribution in [2.75, 3.05) is 5.73 Å². The lowest BCUT2D eigenvalue weighted by Gasteiger charge is -2.39. The molecule has 0 saturated carbocycles. The number of para-hydroxylation sites is 5. The van der Waals surface area contributed by atoms with E-state index in [1.165, 1.54) is 5.56 Å². The highest BCUT2D eigenvalue weighted by molar-refractivity contribution is 5.98. The molecule has 0 fully saturated rings. The van der Waals surface area contributed by atoms with Gasteiger partial charge in [-0.2, -0.15) is 5.26 Å². The molecule has 8 aromatic carbocycles. The number of hydrogen-bond donors (Lipinski definition) is 1. The van der Waals surface area contributed by atoms with Gasteiger partial charge in [0.05, 0.1) is 28.1 Å². The normalized spacial score (nSPS) is 13.0. The summed E-state index contributed by atoms with van der Waals surface area (Å²) in [6, 6.07) is 65.6. The number of rotatable bonds is 4. The Labute approximate surface area is 324 Å². The highest BCUT2D eigenvalue weighted by Crippen LogP contribution is 2.63. The number of fused-ring (bicyclic) bond motifs is 10. The number of imidazole rings is 1. The van der Waals surface area contributed by atoms with Gasteiger partial charge in [0, 0.05) is 33.6 Å². The number of nitrogen functional groups attached to an aromatic ring is 1. The lowest BCUT2D eigenvalue weighted by Crippen LogP contribution is -2.32. The van der Waals surface area contributed by atoms with E-state index in [-0.39, 0.29) is 0 Å². The number of nitrogens with two attached hydrogens (primary N) is 1. The molecule has 0 atom stereocenters. The topological polar surface area (TPSA) is 76.9 Å². The van der Waals surface area contributed by atoms with Gasteiger partial charge >= 0.3 is 0 Å². The van der Waals surface area contributed by atoms with E-state index in [9.17, 15) is 5.26 Å². The summed E-state index contributed by atoms with van der Waals surface area (Å²) >= 11 is 0. The van der Waals surface area contributed by atoms with Crippen LogP contribution in [0, 0.1) is 11.3 Å². The van der Waals surface area contributed by atoms with Gasteiger partial charge < -0.3 is 10.5 Å². The monoisotopic (exact) mass is 716 g/mol. The SMILES string of the molecule is N#Cc1cc(N)ccc1-c1cccc2c1-c1ccc(-c3ccc(-c4nc5ccccc5n4-c4ccccc4)cc3)cc1C21c2ccccc2Oc2ccccc21. The number of nitriles is 1. The summed E-state index contributed by atoms with van der Waals surface area (Å²) in [4.78, 5) is 5.11. The Kier molecular flexibility index (Phi) is 6.92. The fourth-order valence-electron chi connectivity index (χ4n) is 9.11. The van der Waals surface area contributed by atoms with Crippen LogP contribution >= 0.6 is 0 Å². The van der Waals surface area contributed by atoms with Crippen LogP contribution in [0.15, 0.2) is 182 Å². The molecule has 1 aromatic heterocycles. The van der Waals surface area contributed by atoms with Crippen LogP contribution in [-0.4, -0.2) is 9.55 Å². The lowest BCUT2D eigenvalue weighted by molar-refractivity contribution is 0.436. The Hall–Kier alpha value is -7.68. The second kappa shape index (κ2) is 12.2. The van der Waals surface area contributed by atoms with Gasteiger partial charge in [-0.1, -0.05) is 127 Å². The van der Waals surface area contributed by atoms with Crippen molar-refractivity contribution in [1.82, 2.24) is 9.55 Å². The molecule has 5 heteroatoms. The smallest absolute Gasteiger partial charge is 0.145 e. The minimum atomic E-state index is -0.677. The Morgan fingerprint density at radius 3 is 1.95 bits per heavy atom. The van der Waals surface area contributed by atoms with Crippen LogP contribution in [0.5, 0.6) is 11.5 Å². The quantitative estimate of drug-likeness (QED) is 0.184. The van der Waals surface area contributed by atoms with Gasteiger partial charge in [-0.05, 0) is 93.5 Å². The van der Waals surface area contributed by atoms with Gasteiger partial charge in [-0.25, -0.2) is 4.98 Å². The third-order valence-corrected chi connectivity index (χ3v) is 11.5. The van der Waals surface area contributed by atoms with Gasteiger partial charge in [0.2, 0.25) is 0 Å². The Morgan fingerprint density at radius 1 is 0.536 bits per heavy atom. The van der Waals surface area contributed by atoms with E-state index >= 15 is 0 Å². The first kappa shape index (κ1) is 31.8. The zero-order chi connectivity index (χ0) is 37.4. The van der Waals surface area contributed by atoms with Gasteiger partial charge in [0.15, 0.2) is 0 Å². The number of hydrogen-bond acceptors (Lipinski definition) is 4. The largest absolute Gasteiger partial charge is 0.457 e. The molecule has 0 radical (unpaired) electrons. The zero-order valence-corrected chi connectivity index (χ0v) is 30.1. The molecule has 1 spiro atoms. The van der Waals surface area contributed by atoms with Crippen molar-refractivity contribution in [1.29, 1.82) is 5.26 Å². The van der Waals surface area contributed by atoms with Crippen molar-refractivity contribution in [3.8, 4) is 68.0 Å². The summed E-state index contributed by atoms with van der Waals surface area (Å²) in [5.41, 5.74) is 21.5. The van der Waals surface area contributed by atoms with Crippen LogP contribution < -0.4 is 10.5 Å². The molecule has 5 nitrogen and oxygen atoms in total. The molecule has 9 aromatic rings. The average molecular weight is 717 g/mol. The summed E-state index contributed by atoms with van der Waals surface area (Å²) in [6.07, 6.45) is 0. The zero-order valence-electron chi connectivity index (χ0n) is 30.1. The molecule has 1 aliphatic heterocycles. The summed E-state index contributed by atoms with van der Waals surface area (Å²) in [6.45, 7) is 0.